The third-order valence-electron chi connectivity index (χ3n) is 2.29. The summed E-state index contributed by atoms with van der Waals surface area (Å²) in [6.45, 7) is 3.58. The zero-order chi connectivity index (χ0) is 8.27. The van der Waals surface area contributed by atoms with Crippen molar-refractivity contribution in [3.8, 4) is 0 Å². The van der Waals surface area contributed by atoms with Crippen molar-refractivity contribution >= 4 is 5.91 Å². The van der Waals surface area contributed by atoms with Crippen molar-refractivity contribution in [2.24, 2.45) is 5.73 Å². The maximum absolute atomic E-state index is 11.2. The Bertz CT molecular complexity index is 143. The number of hydrogen-bond donors (Lipinski definition) is 1. The SMILES string of the molecule is CCC(CN)N1CCCC1=O. The molecule has 11 heavy (non-hydrogen) atoms. The first kappa shape index (κ1) is 8.53. The number of nitrogens with zero attached hydrogens (tertiary/aromatic N) is 1. The fourth-order valence-corrected chi connectivity index (χ4v) is 1.57. The summed E-state index contributed by atoms with van der Waals surface area (Å²) in [5.41, 5.74) is 5.53. The van der Waals surface area contributed by atoms with Gasteiger partial charge in [0.2, 0.25) is 5.91 Å². The van der Waals surface area contributed by atoms with Gasteiger partial charge in [0.25, 0.3) is 0 Å². The summed E-state index contributed by atoms with van der Waals surface area (Å²) in [7, 11) is 0. The van der Waals surface area contributed by atoms with E-state index in [0.717, 1.165) is 25.8 Å². The molecule has 0 saturated carbocycles. The maximum Gasteiger partial charge on any atom is 0.222 e. The lowest BCUT2D eigenvalue weighted by atomic mass is 10.2. The third kappa shape index (κ3) is 1.71. The van der Waals surface area contributed by atoms with E-state index in [-0.39, 0.29) is 11.9 Å². The normalized spacial score (nSPS) is 20.9. The van der Waals surface area contributed by atoms with E-state index in [9.17, 15) is 4.79 Å². The molecule has 1 aliphatic heterocycles. The predicted octanol–water partition coefficient (Wildman–Crippen LogP) is 0.346. The molecule has 1 heterocycles. The standard InChI is InChI=1S/C8H16N2O/c1-2-7(6-9)10-5-3-4-8(10)11/h7H,2-6,9H2,1H3. The lowest BCUT2D eigenvalue weighted by Gasteiger charge is -2.25. The van der Waals surface area contributed by atoms with Gasteiger partial charge in [-0.05, 0) is 12.8 Å². The third-order valence-corrected chi connectivity index (χ3v) is 2.29. The Morgan fingerprint density at radius 1 is 1.73 bits per heavy atom. The van der Waals surface area contributed by atoms with Gasteiger partial charge in [-0.3, -0.25) is 4.79 Å². The summed E-state index contributed by atoms with van der Waals surface area (Å²) in [6.07, 6.45) is 2.70. The van der Waals surface area contributed by atoms with Crippen LogP contribution in [0.25, 0.3) is 0 Å². The molecular formula is C8H16N2O. The largest absolute Gasteiger partial charge is 0.338 e. The molecule has 0 radical (unpaired) electrons. The van der Waals surface area contributed by atoms with Crippen molar-refractivity contribution in [1.29, 1.82) is 0 Å². The van der Waals surface area contributed by atoms with Crippen molar-refractivity contribution in [3.05, 3.63) is 0 Å². The number of amides is 1. The molecule has 0 bridgehead atoms. The van der Waals surface area contributed by atoms with Gasteiger partial charge in [0.1, 0.15) is 0 Å². The minimum absolute atomic E-state index is 0.280. The quantitative estimate of drug-likeness (QED) is 0.640. The predicted molar refractivity (Wildman–Crippen MR) is 44.1 cm³/mol. The first-order valence-corrected chi connectivity index (χ1v) is 4.29. The molecule has 1 amide bonds. The Labute approximate surface area is 67.5 Å². The molecule has 1 fully saturated rings. The van der Waals surface area contributed by atoms with Crippen molar-refractivity contribution in [2.45, 2.75) is 32.2 Å². The Hall–Kier alpha value is -0.570. The van der Waals surface area contributed by atoms with E-state index in [1.54, 1.807) is 0 Å². The molecule has 64 valence electrons. The molecule has 0 aromatic heterocycles. The monoisotopic (exact) mass is 156 g/mol. The van der Waals surface area contributed by atoms with Gasteiger partial charge in [-0.2, -0.15) is 0 Å². The molecule has 0 aromatic carbocycles. The molecule has 3 nitrogen and oxygen atoms in total. The number of hydrogen-bond acceptors (Lipinski definition) is 2. The molecule has 0 aromatic rings. The van der Waals surface area contributed by atoms with Gasteiger partial charge in [0, 0.05) is 25.6 Å². The van der Waals surface area contributed by atoms with Crippen LogP contribution in [0.5, 0.6) is 0 Å². The maximum atomic E-state index is 11.2. The molecule has 1 aliphatic rings. The minimum atomic E-state index is 0.280. The van der Waals surface area contributed by atoms with E-state index >= 15 is 0 Å². The second-order valence-electron chi connectivity index (χ2n) is 2.99. The number of rotatable bonds is 3. The molecule has 3 heteroatoms. The molecule has 0 spiro atoms. The van der Waals surface area contributed by atoms with Gasteiger partial charge < -0.3 is 10.6 Å². The van der Waals surface area contributed by atoms with Crippen molar-refractivity contribution in [3.63, 3.8) is 0 Å². The first-order chi connectivity index (χ1) is 5.29. The van der Waals surface area contributed by atoms with E-state index < -0.39 is 0 Å². The summed E-state index contributed by atoms with van der Waals surface area (Å²) in [4.78, 5) is 13.1. The van der Waals surface area contributed by atoms with Gasteiger partial charge in [-0.15, -0.1) is 0 Å². The fraction of sp³-hybridized carbons (Fsp3) is 0.875. The first-order valence-electron chi connectivity index (χ1n) is 4.29. The van der Waals surface area contributed by atoms with Crippen LogP contribution in [0.3, 0.4) is 0 Å². The van der Waals surface area contributed by atoms with Crippen LogP contribution in [0.15, 0.2) is 0 Å². The Morgan fingerprint density at radius 3 is 2.82 bits per heavy atom. The second-order valence-corrected chi connectivity index (χ2v) is 2.99. The van der Waals surface area contributed by atoms with Crippen LogP contribution in [0, 0.1) is 0 Å². The van der Waals surface area contributed by atoms with E-state index in [2.05, 4.69) is 6.92 Å². The van der Waals surface area contributed by atoms with Crippen LogP contribution >= 0.6 is 0 Å². The molecule has 1 atom stereocenters. The number of likely N-dealkylation sites (tertiary alicyclic amines) is 1. The summed E-state index contributed by atoms with van der Waals surface area (Å²) < 4.78 is 0. The highest BCUT2D eigenvalue weighted by Crippen LogP contribution is 2.14. The molecule has 1 rings (SSSR count). The van der Waals surface area contributed by atoms with Crippen LogP contribution in [0.4, 0.5) is 0 Å². The number of carbonyl (C=O) groups excluding carboxylic acids is 1. The van der Waals surface area contributed by atoms with Crippen LogP contribution in [0.2, 0.25) is 0 Å². The Balaban J connectivity index is 2.49. The van der Waals surface area contributed by atoms with Crippen LogP contribution in [-0.4, -0.2) is 29.9 Å². The molecule has 2 N–H and O–H groups in total. The Morgan fingerprint density at radius 2 is 2.45 bits per heavy atom. The fourth-order valence-electron chi connectivity index (χ4n) is 1.57. The van der Waals surface area contributed by atoms with Crippen molar-refractivity contribution < 1.29 is 4.79 Å². The van der Waals surface area contributed by atoms with Gasteiger partial charge in [0.05, 0.1) is 0 Å². The van der Waals surface area contributed by atoms with E-state index in [4.69, 9.17) is 5.73 Å². The zero-order valence-corrected chi connectivity index (χ0v) is 7.05. The molecule has 1 unspecified atom stereocenters. The van der Waals surface area contributed by atoms with E-state index in [1.165, 1.54) is 0 Å². The van der Waals surface area contributed by atoms with Crippen LogP contribution < -0.4 is 5.73 Å². The smallest absolute Gasteiger partial charge is 0.222 e. The topological polar surface area (TPSA) is 46.3 Å². The molecular weight excluding hydrogens is 140 g/mol. The summed E-state index contributed by atoms with van der Waals surface area (Å²) in [5.74, 6) is 0.280. The van der Waals surface area contributed by atoms with Crippen LogP contribution in [0.1, 0.15) is 26.2 Å². The average molecular weight is 156 g/mol. The number of carbonyl (C=O) groups is 1. The summed E-state index contributed by atoms with van der Waals surface area (Å²) in [6, 6.07) is 0.282. The highest BCUT2D eigenvalue weighted by molar-refractivity contribution is 5.78. The van der Waals surface area contributed by atoms with Gasteiger partial charge in [-0.25, -0.2) is 0 Å². The summed E-state index contributed by atoms with van der Waals surface area (Å²) >= 11 is 0. The van der Waals surface area contributed by atoms with Gasteiger partial charge in [-0.1, -0.05) is 6.92 Å². The minimum Gasteiger partial charge on any atom is -0.338 e. The van der Waals surface area contributed by atoms with E-state index in [0.29, 0.717) is 6.54 Å². The Kier molecular flexibility index (Phi) is 2.88. The summed E-state index contributed by atoms with van der Waals surface area (Å²) in [5, 5.41) is 0. The number of nitrogens with two attached hydrogens (primary N) is 1. The second kappa shape index (κ2) is 3.72. The highest BCUT2D eigenvalue weighted by atomic mass is 16.2. The van der Waals surface area contributed by atoms with Crippen LogP contribution in [-0.2, 0) is 4.79 Å². The van der Waals surface area contributed by atoms with E-state index in [1.807, 2.05) is 4.90 Å². The van der Waals surface area contributed by atoms with Crippen molar-refractivity contribution in [1.82, 2.24) is 4.90 Å². The lowest BCUT2D eigenvalue weighted by molar-refractivity contribution is -0.129. The van der Waals surface area contributed by atoms with Gasteiger partial charge in [0.15, 0.2) is 0 Å². The molecule has 0 aliphatic carbocycles. The molecule has 1 saturated heterocycles. The highest BCUT2D eigenvalue weighted by Gasteiger charge is 2.25. The zero-order valence-electron chi connectivity index (χ0n) is 7.05. The van der Waals surface area contributed by atoms with Crippen molar-refractivity contribution in [2.75, 3.05) is 13.1 Å². The average Bonchev–Trinajstić information content (AvgIpc) is 2.40. The van der Waals surface area contributed by atoms with Gasteiger partial charge >= 0.3 is 0 Å². The lowest BCUT2D eigenvalue weighted by Crippen LogP contribution is -2.40.